The van der Waals surface area contributed by atoms with Gasteiger partial charge in [0.1, 0.15) is 24.7 Å². The summed E-state index contributed by atoms with van der Waals surface area (Å²) < 4.78 is 18.8. The smallest absolute Gasteiger partial charge is 0.160 e. The minimum atomic E-state index is 0.146. The van der Waals surface area contributed by atoms with E-state index in [0.717, 1.165) is 34.7 Å². The van der Waals surface area contributed by atoms with Gasteiger partial charge in [-0.1, -0.05) is 36.4 Å². The van der Waals surface area contributed by atoms with Crippen LogP contribution < -0.4 is 14.2 Å². The monoisotopic (exact) mass is 565 g/mol. The van der Waals surface area contributed by atoms with Crippen LogP contribution in [0.4, 0.5) is 0 Å². The molecule has 6 heteroatoms. The van der Waals surface area contributed by atoms with Crippen LogP contribution in [0.1, 0.15) is 29.5 Å². The molecule has 0 saturated carbocycles. The SMILES string of the molecule is COc1cc(Cc2c(-c3ccc(OCCN4CCCC4)cc3)sc3cc(OCc4ccccc4)ccc23)ccc1O. The summed E-state index contributed by atoms with van der Waals surface area (Å²) in [7, 11) is 1.58. The lowest BCUT2D eigenvalue weighted by Crippen LogP contribution is -2.25. The summed E-state index contributed by atoms with van der Waals surface area (Å²) in [5.41, 5.74) is 4.62. The zero-order chi connectivity index (χ0) is 28.0. The number of phenolic OH excluding ortho intramolecular Hbond substituents is 1. The van der Waals surface area contributed by atoms with Crippen molar-refractivity contribution in [1.82, 2.24) is 4.90 Å². The number of nitrogens with zero attached hydrogens (tertiary/aromatic N) is 1. The standard InChI is InChI=1S/C35H35NO4S/c1-38-33-22-26(9-16-32(33)37)21-31-30-15-14-29(40-24-25-7-3-2-4-8-25)23-34(30)41-35(31)27-10-12-28(13-11-27)39-20-19-36-17-5-6-18-36/h2-4,7-16,22-23,37H,5-6,17-21,24H2,1H3. The van der Waals surface area contributed by atoms with Crippen molar-refractivity contribution >= 4 is 21.4 Å². The number of benzene rings is 4. The molecule has 5 nitrogen and oxygen atoms in total. The Morgan fingerprint density at radius 3 is 2.37 bits per heavy atom. The van der Waals surface area contributed by atoms with E-state index in [4.69, 9.17) is 14.2 Å². The fourth-order valence-corrected chi connectivity index (χ4v) is 6.66. The molecule has 1 N–H and O–H groups in total. The first-order chi connectivity index (χ1) is 20.2. The Labute approximate surface area is 245 Å². The second-order valence-electron chi connectivity index (χ2n) is 10.4. The predicted molar refractivity (Wildman–Crippen MR) is 167 cm³/mol. The summed E-state index contributed by atoms with van der Waals surface area (Å²) in [5.74, 6) is 2.38. The van der Waals surface area contributed by atoms with E-state index in [2.05, 4.69) is 59.5 Å². The molecule has 0 bridgehead atoms. The van der Waals surface area contributed by atoms with Crippen LogP contribution in [-0.2, 0) is 13.0 Å². The molecule has 210 valence electrons. The van der Waals surface area contributed by atoms with E-state index in [0.29, 0.717) is 25.4 Å². The average molecular weight is 566 g/mol. The van der Waals surface area contributed by atoms with Gasteiger partial charge in [0.25, 0.3) is 0 Å². The number of likely N-dealkylation sites (tertiary alicyclic amines) is 1. The molecule has 1 saturated heterocycles. The molecule has 0 amide bonds. The van der Waals surface area contributed by atoms with Crippen molar-refractivity contribution < 1.29 is 19.3 Å². The maximum Gasteiger partial charge on any atom is 0.160 e. The maximum atomic E-state index is 10.1. The van der Waals surface area contributed by atoms with Crippen LogP contribution in [-0.4, -0.2) is 43.4 Å². The Morgan fingerprint density at radius 2 is 1.59 bits per heavy atom. The minimum Gasteiger partial charge on any atom is -0.504 e. The molecular weight excluding hydrogens is 530 g/mol. The molecule has 0 spiro atoms. The summed E-state index contributed by atoms with van der Waals surface area (Å²) in [6.45, 7) is 4.59. The molecule has 0 unspecified atom stereocenters. The van der Waals surface area contributed by atoms with Gasteiger partial charge in [0.2, 0.25) is 0 Å². The summed E-state index contributed by atoms with van der Waals surface area (Å²) in [6, 6.07) is 30.6. The number of hydrogen-bond acceptors (Lipinski definition) is 6. The van der Waals surface area contributed by atoms with E-state index in [1.807, 2.05) is 30.3 Å². The van der Waals surface area contributed by atoms with Gasteiger partial charge in [-0.15, -0.1) is 11.3 Å². The van der Waals surface area contributed by atoms with Crippen LogP contribution in [0.5, 0.6) is 23.0 Å². The number of fused-ring (bicyclic) bond motifs is 1. The fraction of sp³-hybridized carbons (Fsp3) is 0.257. The number of ether oxygens (including phenoxy) is 3. The van der Waals surface area contributed by atoms with Gasteiger partial charge < -0.3 is 19.3 Å². The topological polar surface area (TPSA) is 51.2 Å². The van der Waals surface area contributed by atoms with Gasteiger partial charge in [0, 0.05) is 16.1 Å². The van der Waals surface area contributed by atoms with Gasteiger partial charge >= 0.3 is 0 Å². The van der Waals surface area contributed by atoms with Gasteiger partial charge in [0.15, 0.2) is 11.5 Å². The fourth-order valence-electron chi connectivity index (χ4n) is 5.41. The van der Waals surface area contributed by atoms with Crippen LogP contribution in [0.15, 0.2) is 91.0 Å². The van der Waals surface area contributed by atoms with Crippen LogP contribution in [0, 0.1) is 0 Å². The van der Waals surface area contributed by atoms with Gasteiger partial charge in [-0.05, 0) is 115 Å². The highest BCUT2D eigenvalue weighted by atomic mass is 32.1. The average Bonchev–Trinajstić information content (AvgIpc) is 3.66. The molecule has 0 aliphatic carbocycles. The first kappa shape index (κ1) is 27.2. The largest absolute Gasteiger partial charge is 0.504 e. The summed E-state index contributed by atoms with van der Waals surface area (Å²) >= 11 is 1.78. The Kier molecular flexibility index (Phi) is 8.40. The third-order valence-corrected chi connectivity index (χ3v) is 8.87. The Bertz CT molecular complexity index is 1590. The van der Waals surface area contributed by atoms with Crippen LogP contribution in [0.25, 0.3) is 20.5 Å². The van der Waals surface area contributed by atoms with Crippen molar-refractivity contribution in [2.24, 2.45) is 0 Å². The first-order valence-electron chi connectivity index (χ1n) is 14.2. The number of thiophene rings is 1. The predicted octanol–water partition coefficient (Wildman–Crippen LogP) is 7.93. The molecular formula is C35H35NO4S. The number of hydrogen-bond donors (Lipinski definition) is 1. The van der Waals surface area contributed by atoms with Crippen LogP contribution >= 0.6 is 11.3 Å². The van der Waals surface area contributed by atoms with Crippen molar-refractivity contribution in [3.8, 4) is 33.4 Å². The number of phenols is 1. The van der Waals surface area contributed by atoms with E-state index < -0.39 is 0 Å². The molecule has 41 heavy (non-hydrogen) atoms. The van der Waals surface area contributed by atoms with Crippen molar-refractivity contribution in [2.45, 2.75) is 25.9 Å². The van der Waals surface area contributed by atoms with E-state index >= 15 is 0 Å². The third-order valence-electron chi connectivity index (χ3n) is 7.63. The molecule has 1 aliphatic rings. The van der Waals surface area contributed by atoms with Crippen molar-refractivity contribution in [1.29, 1.82) is 0 Å². The molecule has 1 fully saturated rings. The molecule has 0 radical (unpaired) electrons. The van der Waals surface area contributed by atoms with Crippen LogP contribution in [0.3, 0.4) is 0 Å². The highest BCUT2D eigenvalue weighted by Gasteiger charge is 2.17. The van der Waals surface area contributed by atoms with E-state index in [1.54, 1.807) is 24.5 Å². The highest BCUT2D eigenvalue weighted by molar-refractivity contribution is 7.22. The Balaban J connectivity index is 1.27. The maximum absolute atomic E-state index is 10.1. The van der Waals surface area contributed by atoms with Crippen molar-refractivity contribution in [3.63, 3.8) is 0 Å². The number of aromatic hydroxyl groups is 1. The third kappa shape index (κ3) is 6.50. The Hall–Kier alpha value is -4.00. The molecule has 2 heterocycles. The minimum absolute atomic E-state index is 0.146. The zero-order valence-electron chi connectivity index (χ0n) is 23.3. The van der Waals surface area contributed by atoms with Crippen molar-refractivity contribution in [2.75, 3.05) is 33.4 Å². The van der Waals surface area contributed by atoms with Crippen molar-refractivity contribution in [3.05, 3.63) is 108 Å². The van der Waals surface area contributed by atoms with Gasteiger partial charge in [0.05, 0.1) is 7.11 Å². The highest BCUT2D eigenvalue weighted by Crippen LogP contribution is 2.42. The quantitative estimate of drug-likeness (QED) is 0.176. The summed E-state index contributed by atoms with van der Waals surface area (Å²) in [4.78, 5) is 3.68. The summed E-state index contributed by atoms with van der Waals surface area (Å²) in [5, 5.41) is 11.3. The lowest BCUT2D eigenvalue weighted by molar-refractivity contribution is 0.238. The molecule has 4 aromatic carbocycles. The molecule has 6 rings (SSSR count). The molecule has 1 aliphatic heterocycles. The first-order valence-corrected chi connectivity index (χ1v) is 15.0. The van der Waals surface area contributed by atoms with Gasteiger partial charge in [-0.25, -0.2) is 0 Å². The molecule has 5 aromatic rings. The summed E-state index contributed by atoms with van der Waals surface area (Å²) in [6.07, 6.45) is 3.30. The van der Waals surface area contributed by atoms with Crippen LogP contribution in [0.2, 0.25) is 0 Å². The molecule has 0 atom stereocenters. The van der Waals surface area contributed by atoms with Gasteiger partial charge in [-0.2, -0.15) is 0 Å². The van der Waals surface area contributed by atoms with E-state index in [9.17, 15) is 5.11 Å². The van der Waals surface area contributed by atoms with Gasteiger partial charge in [-0.3, -0.25) is 4.90 Å². The lowest BCUT2D eigenvalue weighted by atomic mass is 9.98. The lowest BCUT2D eigenvalue weighted by Gasteiger charge is -2.15. The van der Waals surface area contributed by atoms with E-state index in [1.165, 1.54) is 46.5 Å². The Morgan fingerprint density at radius 1 is 0.805 bits per heavy atom. The number of rotatable bonds is 11. The number of methoxy groups -OCH3 is 1. The van der Waals surface area contributed by atoms with E-state index in [-0.39, 0.29) is 5.75 Å². The zero-order valence-corrected chi connectivity index (χ0v) is 24.2. The second-order valence-corrected chi connectivity index (χ2v) is 11.5. The molecule has 1 aromatic heterocycles. The second kappa shape index (κ2) is 12.7. The normalized spacial score (nSPS) is 13.5.